The van der Waals surface area contributed by atoms with Crippen LogP contribution in [0.15, 0.2) is 54.6 Å². The van der Waals surface area contributed by atoms with Gasteiger partial charge < -0.3 is 14.8 Å². The molecule has 136 valence electrons. The molecule has 1 spiro atoms. The maximum atomic E-state index is 12.8. The van der Waals surface area contributed by atoms with Gasteiger partial charge in [0.2, 0.25) is 0 Å². The molecule has 2 aromatic carbocycles. The van der Waals surface area contributed by atoms with E-state index in [1.165, 1.54) is 5.56 Å². The van der Waals surface area contributed by atoms with E-state index in [0.29, 0.717) is 17.9 Å². The van der Waals surface area contributed by atoms with E-state index in [1.807, 2.05) is 24.3 Å². The van der Waals surface area contributed by atoms with Gasteiger partial charge >= 0.3 is 0 Å². The van der Waals surface area contributed by atoms with E-state index < -0.39 is 0 Å². The van der Waals surface area contributed by atoms with E-state index in [2.05, 4.69) is 29.6 Å². The van der Waals surface area contributed by atoms with E-state index in [0.717, 1.165) is 32.3 Å². The predicted octanol–water partition coefficient (Wildman–Crippen LogP) is 3.71. The van der Waals surface area contributed by atoms with Crippen LogP contribution in [0.2, 0.25) is 0 Å². The fraction of sp³-hybridized carbons (Fsp3) is 0.409. The van der Waals surface area contributed by atoms with Crippen molar-refractivity contribution in [3.8, 4) is 5.75 Å². The number of methoxy groups -OCH3 is 1. The third kappa shape index (κ3) is 3.21. The predicted molar refractivity (Wildman–Crippen MR) is 101 cm³/mol. The van der Waals surface area contributed by atoms with Crippen LogP contribution in [0.1, 0.15) is 41.6 Å². The van der Waals surface area contributed by atoms with Crippen LogP contribution < -0.4 is 10.1 Å². The lowest BCUT2D eigenvalue weighted by Gasteiger charge is -2.40. The number of carbonyl (C=O) groups excluding carboxylic acids is 1. The minimum absolute atomic E-state index is 0.0316. The molecule has 0 atom stereocenters. The van der Waals surface area contributed by atoms with Gasteiger partial charge in [-0.25, -0.2) is 0 Å². The first-order valence-corrected chi connectivity index (χ1v) is 9.27. The third-order valence-corrected chi connectivity index (χ3v) is 6.00. The van der Waals surface area contributed by atoms with Crippen molar-refractivity contribution in [1.29, 1.82) is 0 Å². The normalized spacial score (nSPS) is 27.1. The molecule has 1 saturated heterocycles. The molecule has 1 aliphatic carbocycles. The van der Waals surface area contributed by atoms with Crippen molar-refractivity contribution >= 4 is 5.91 Å². The molecule has 4 rings (SSSR count). The number of nitrogens with one attached hydrogen (secondary N) is 1. The van der Waals surface area contributed by atoms with Crippen LogP contribution in [-0.4, -0.2) is 31.8 Å². The van der Waals surface area contributed by atoms with Gasteiger partial charge in [0.05, 0.1) is 24.9 Å². The Bertz CT molecular complexity index is 773. The molecule has 2 aromatic rings. The smallest absolute Gasteiger partial charge is 0.255 e. The molecule has 4 nitrogen and oxygen atoms in total. The van der Waals surface area contributed by atoms with E-state index in [9.17, 15) is 4.79 Å². The average Bonchev–Trinajstić information content (AvgIpc) is 3.47. The monoisotopic (exact) mass is 351 g/mol. The molecule has 1 saturated carbocycles. The molecule has 0 unspecified atom stereocenters. The average molecular weight is 351 g/mol. The quantitative estimate of drug-likeness (QED) is 0.836. The second kappa shape index (κ2) is 6.76. The molecule has 1 heterocycles. The number of para-hydroxylation sites is 1. The van der Waals surface area contributed by atoms with Gasteiger partial charge in [0.15, 0.2) is 0 Å². The second-order valence-corrected chi connectivity index (χ2v) is 7.50. The highest BCUT2D eigenvalue weighted by Crippen LogP contribution is 2.49. The molecule has 4 heteroatoms. The molecule has 1 amide bonds. The van der Waals surface area contributed by atoms with Gasteiger partial charge in [0.1, 0.15) is 5.75 Å². The summed E-state index contributed by atoms with van der Waals surface area (Å²) >= 11 is 0. The highest BCUT2D eigenvalue weighted by atomic mass is 16.6. The van der Waals surface area contributed by atoms with Crippen molar-refractivity contribution in [2.75, 3.05) is 20.3 Å². The van der Waals surface area contributed by atoms with Crippen molar-refractivity contribution in [2.45, 2.75) is 36.7 Å². The van der Waals surface area contributed by atoms with Crippen molar-refractivity contribution in [3.05, 3.63) is 65.7 Å². The van der Waals surface area contributed by atoms with Gasteiger partial charge in [0, 0.05) is 12.0 Å². The Hall–Kier alpha value is -2.33. The van der Waals surface area contributed by atoms with Crippen LogP contribution in [0.25, 0.3) is 0 Å². The Balaban J connectivity index is 1.53. The number of hydrogen-bond donors (Lipinski definition) is 1. The Morgan fingerprint density at radius 3 is 2.35 bits per heavy atom. The molecule has 0 radical (unpaired) electrons. The molecule has 1 aliphatic heterocycles. The fourth-order valence-electron chi connectivity index (χ4n) is 4.11. The molecule has 0 aromatic heterocycles. The summed E-state index contributed by atoms with van der Waals surface area (Å²) in [4.78, 5) is 12.8. The van der Waals surface area contributed by atoms with Gasteiger partial charge in [-0.2, -0.15) is 0 Å². The topological polar surface area (TPSA) is 50.9 Å². The highest BCUT2D eigenvalue weighted by Gasteiger charge is 2.51. The summed E-state index contributed by atoms with van der Waals surface area (Å²) in [5, 5.41) is 3.17. The molecule has 0 bridgehead atoms. The number of epoxide rings is 1. The minimum Gasteiger partial charge on any atom is -0.496 e. The lowest BCUT2D eigenvalue weighted by atomic mass is 9.66. The summed E-state index contributed by atoms with van der Waals surface area (Å²) in [6, 6.07) is 17.9. The molecule has 26 heavy (non-hydrogen) atoms. The van der Waals surface area contributed by atoms with E-state index in [4.69, 9.17) is 9.47 Å². The molecule has 1 N–H and O–H groups in total. The maximum Gasteiger partial charge on any atom is 0.255 e. The largest absolute Gasteiger partial charge is 0.496 e. The maximum absolute atomic E-state index is 12.8. The van der Waals surface area contributed by atoms with Crippen LogP contribution in [0.3, 0.4) is 0 Å². The van der Waals surface area contributed by atoms with Crippen molar-refractivity contribution in [2.24, 2.45) is 0 Å². The van der Waals surface area contributed by atoms with Crippen molar-refractivity contribution < 1.29 is 14.3 Å². The number of carbonyl (C=O) groups is 1. The third-order valence-electron chi connectivity index (χ3n) is 6.00. The SMILES string of the molecule is COc1ccccc1C(=O)NCC1(c2ccccc2)CCC2(CC1)CO2. The van der Waals surface area contributed by atoms with Gasteiger partial charge in [-0.3, -0.25) is 4.79 Å². The number of ether oxygens (including phenoxy) is 2. The van der Waals surface area contributed by atoms with Gasteiger partial charge in [-0.05, 0) is 43.4 Å². The molecular formula is C22H25NO3. The Labute approximate surface area is 154 Å². The van der Waals surface area contributed by atoms with Crippen LogP contribution in [0, 0.1) is 0 Å². The first-order valence-electron chi connectivity index (χ1n) is 9.27. The van der Waals surface area contributed by atoms with Gasteiger partial charge in [0.25, 0.3) is 5.91 Å². The number of benzene rings is 2. The molecular weight excluding hydrogens is 326 g/mol. The summed E-state index contributed by atoms with van der Waals surface area (Å²) in [5.74, 6) is 0.522. The first kappa shape index (κ1) is 17.1. The van der Waals surface area contributed by atoms with Gasteiger partial charge in [-0.1, -0.05) is 42.5 Å². The first-order chi connectivity index (χ1) is 12.7. The second-order valence-electron chi connectivity index (χ2n) is 7.50. The Kier molecular flexibility index (Phi) is 4.45. The Morgan fingerprint density at radius 2 is 1.69 bits per heavy atom. The van der Waals surface area contributed by atoms with Crippen molar-refractivity contribution in [3.63, 3.8) is 0 Å². The standard InChI is InChI=1S/C22H25NO3/c1-25-19-10-6-5-9-18(19)20(24)23-15-21(17-7-3-2-4-8-17)11-13-22(14-12-21)16-26-22/h2-10H,11-16H2,1H3,(H,23,24). The fourth-order valence-corrected chi connectivity index (χ4v) is 4.11. The lowest BCUT2D eigenvalue weighted by molar-refractivity contribution is 0.0925. The van der Waals surface area contributed by atoms with Gasteiger partial charge in [-0.15, -0.1) is 0 Å². The van der Waals surface area contributed by atoms with Crippen LogP contribution in [-0.2, 0) is 10.2 Å². The zero-order valence-electron chi connectivity index (χ0n) is 15.2. The summed E-state index contributed by atoms with van der Waals surface area (Å²) in [7, 11) is 1.59. The van der Waals surface area contributed by atoms with Crippen molar-refractivity contribution in [1.82, 2.24) is 5.32 Å². The molecule has 2 fully saturated rings. The van der Waals surface area contributed by atoms with E-state index >= 15 is 0 Å². The number of hydrogen-bond acceptors (Lipinski definition) is 3. The zero-order chi connectivity index (χ0) is 18.0. The Morgan fingerprint density at radius 1 is 1.04 bits per heavy atom. The van der Waals surface area contributed by atoms with Crippen LogP contribution >= 0.6 is 0 Å². The van der Waals surface area contributed by atoms with E-state index in [-0.39, 0.29) is 16.9 Å². The summed E-state index contributed by atoms with van der Waals surface area (Å²) < 4.78 is 11.0. The minimum atomic E-state index is -0.0827. The summed E-state index contributed by atoms with van der Waals surface area (Å²) in [6.45, 7) is 1.52. The number of amides is 1. The highest BCUT2D eigenvalue weighted by molar-refractivity contribution is 5.96. The van der Waals surface area contributed by atoms with Crippen LogP contribution in [0.5, 0.6) is 5.75 Å². The molecule has 2 aliphatic rings. The number of rotatable bonds is 5. The lowest BCUT2D eigenvalue weighted by Crippen LogP contribution is -2.44. The summed E-state index contributed by atoms with van der Waals surface area (Å²) in [5.41, 5.74) is 1.98. The summed E-state index contributed by atoms with van der Waals surface area (Å²) in [6.07, 6.45) is 4.19. The van der Waals surface area contributed by atoms with Crippen LogP contribution in [0.4, 0.5) is 0 Å². The van der Waals surface area contributed by atoms with E-state index in [1.54, 1.807) is 13.2 Å². The zero-order valence-corrected chi connectivity index (χ0v) is 15.2.